The summed E-state index contributed by atoms with van der Waals surface area (Å²) in [6.07, 6.45) is 1.24. The van der Waals surface area contributed by atoms with Gasteiger partial charge in [0.25, 0.3) is 0 Å². The molecule has 2 aromatic rings. The zero-order valence-corrected chi connectivity index (χ0v) is 10.7. The number of ether oxygens (including phenoxy) is 1. The van der Waals surface area contributed by atoms with Crippen molar-refractivity contribution in [3.63, 3.8) is 0 Å². The summed E-state index contributed by atoms with van der Waals surface area (Å²) in [5, 5.41) is 8.96. The maximum absolute atomic E-state index is 13.4. The molecular formula is C14H6ClFN2O2. The number of isocyanates is 1. The molecule has 0 aliphatic carbocycles. The summed E-state index contributed by atoms with van der Waals surface area (Å²) >= 11 is 5.86. The number of aliphatic imine (C=N–C) groups is 1. The molecule has 0 bridgehead atoms. The molecule has 6 heteroatoms. The highest BCUT2D eigenvalue weighted by atomic mass is 35.5. The molecule has 0 unspecified atom stereocenters. The standard InChI is InChI=1S/C14H6ClFN2O2/c15-10-5-11(16)12(18-8-19)6-14(10)20-13-4-2-1-3-9(13)7-17/h1-6H. The van der Waals surface area contributed by atoms with Crippen LogP contribution in [0.2, 0.25) is 5.02 Å². The Morgan fingerprint density at radius 1 is 1.25 bits per heavy atom. The fraction of sp³-hybridized carbons (Fsp3) is 0. The molecule has 0 heterocycles. The van der Waals surface area contributed by atoms with E-state index in [9.17, 15) is 9.18 Å². The Bertz CT molecular complexity index is 749. The van der Waals surface area contributed by atoms with Crippen LogP contribution >= 0.6 is 11.6 Å². The van der Waals surface area contributed by atoms with Gasteiger partial charge >= 0.3 is 0 Å². The van der Waals surface area contributed by atoms with Gasteiger partial charge in [0.1, 0.15) is 23.3 Å². The zero-order valence-electron chi connectivity index (χ0n) is 9.93. The number of para-hydroxylation sites is 1. The molecule has 20 heavy (non-hydrogen) atoms. The van der Waals surface area contributed by atoms with Gasteiger partial charge in [-0.1, -0.05) is 23.7 Å². The minimum absolute atomic E-state index is 0.0000850. The topological polar surface area (TPSA) is 62.4 Å². The summed E-state index contributed by atoms with van der Waals surface area (Å²) < 4.78 is 18.9. The summed E-state index contributed by atoms with van der Waals surface area (Å²) in [6.45, 7) is 0. The Balaban J connectivity index is 2.46. The third-order valence-electron chi connectivity index (χ3n) is 2.39. The molecule has 0 saturated carbocycles. The highest BCUT2D eigenvalue weighted by molar-refractivity contribution is 6.32. The second-order valence-electron chi connectivity index (χ2n) is 3.65. The van der Waals surface area contributed by atoms with E-state index >= 15 is 0 Å². The minimum Gasteiger partial charge on any atom is -0.454 e. The maximum atomic E-state index is 13.4. The molecule has 2 aromatic carbocycles. The van der Waals surface area contributed by atoms with Crippen LogP contribution in [0.4, 0.5) is 10.1 Å². The van der Waals surface area contributed by atoms with E-state index in [0.29, 0.717) is 5.56 Å². The Kier molecular flexibility index (Phi) is 4.11. The van der Waals surface area contributed by atoms with E-state index in [-0.39, 0.29) is 22.2 Å². The molecule has 0 saturated heterocycles. The number of nitriles is 1. The number of hydrogen-bond donors (Lipinski definition) is 0. The van der Waals surface area contributed by atoms with Gasteiger partial charge in [-0.15, -0.1) is 0 Å². The molecule has 98 valence electrons. The molecule has 2 rings (SSSR count). The lowest BCUT2D eigenvalue weighted by atomic mass is 10.2. The van der Waals surface area contributed by atoms with Gasteiger partial charge in [0, 0.05) is 6.07 Å². The molecular weight excluding hydrogens is 283 g/mol. The predicted molar refractivity (Wildman–Crippen MR) is 70.4 cm³/mol. The van der Waals surface area contributed by atoms with E-state index < -0.39 is 5.82 Å². The van der Waals surface area contributed by atoms with Crippen molar-refractivity contribution in [1.82, 2.24) is 0 Å². The average Bonchev–Trinajstić information content (AvgIpc) is 2.45. The van der Waals surface area contributed by atoms with Crippen molar-refractivity contribution in [2.45, 2.75) is 0 Å². The van der Waals surface area contributed by atoms with Gasteiger partial charge in [-0.25, -0.2) is 9.18 Å². The number of carbonyl (C=O) groups excluding carboxylic acids is 1. The van der Waals surface area contributed by atoms with Crippen molar-refractivity contribution in [2.75, 3.05) is 0 Å². The Labute approximate surface area is 118 Å². The molecule has 0 aliphatic rings. The van der Waals surface area contributed by atoms with Gasteiger partial charge in [-0.3, -0.25) is 0 Å². The van der Waals surface area contributed by atoms with E-state index in [1.807, 2.05) is 6.07 Å². The highest BCUT2D eigenvalue weighted by Crippen LogP contribution is 2.35. The van der Waals surface area contributed by atoms with Gasteiger partial charge < -0.3 is 4.74 Å². The van der Waals surface area contributed by atoms with Crippen molar-refractivity contribution in [1.29, 1.82) is 5.26 Å². The Morgan fingerprint density at radius 2 is 2.00 bits per heavy atom. The number of nitrogens with zero attached hydrogens (tertiary/aromatic N) is 2. The second kappa shape index (κ2) is 5.98. The normalized spacial score (nSPS) is 9.45. The first-order valence-corrected chi connectivity index (χ1v) is 5.77. The summed E-state index contributed by atoms with van der Waals surface area (Å²) in [4.78, 5) is 13.4. The summed E-state index contributed by atoms with van der Waals surface area (Å²) in [5.41, 5.74) is 0.0576. The number of halogens is 2. The van der Waals surface area contributed by atoms with Gasteiger partial charge in [0.15, 0.2) is 5.82 Å². The van der Waals surface area contributed by atoms with E-state index in [2.05, 4.69) is 4.99 Å². The summed E-state index contributed by atoms with van der Waals surface area (Å²) in [5.74, 6) is -0.409. The predicted octanol–water partition coefficient (Wildman–Crippen LogP) is 4.11. The molecule has 0 spiro atoms. The molecule has 0 amide bonds. The van der Waals surface area contributed by atoms with Crippen LogP contribution in [0.3, 0.4) is 0 Å². The number of rotatable bonds is 3. The average molecular weight is 289 g/mol. The van der Waals surface area contributed by atoms with Crippen LogP contribution in [-0.4, -0.2) is 6.08 Å². The second-order valence-corrected chi connectivity index (χ2v) is 4.05. The van der Waals surface area contributed by atoms with Crippen LogP contribution in [0.25, 0.3) is 0 Å². The van der Waals surface area contributed by atoms with Crippen LogP contribution in [0.15, 0.2) is 41.4 Å². The molecule has 0 atom stereocenters. The van der Waals surface area contributed by atoms with Crippen LogP contribution in [0.5, 0.6) is 11.5 Å². The SMILES string of the molecule is N#Cc1ccccc1Oc1cc(N=C=O)c(F)cc1Cl. The maximum Gasteiger partial charge on any atom is 0.240 e. The zero-order chi connectivity index (χ0) is 14.5. The van der Waals surface area contributed by atoms with E-state index in [1.165, 1.54) is 6.08 Å². The molecule has 0 N–H and O–H groups in total. The van der Waals surface area contributed by atoms with E-state index in [1.54, 1.807) is 24.3 Å². The molecule has 0 radical (unpaired) electrons. The largest absolute Gasteiger partial charge is 0.454 e. The molecule has 0 aromatic heterocycles. The fourth-order valence-electron chi connectivity index (χ4n) is 1.50. The molecule has 0 aliphatic heterocycles. The quantitative estimate of drug-likeness (QED) is 0.630. The van der Waals surface area contributed by atoms with Gasteiger partial charge in [-0.2, -0.15) is 10.3 Å². The van der Waals surface area contributed by atoms with Crippen LogP contribution in [0.1, 0.15) is 5.56 Å². The smallest absolute Gasteiger partial charge is 0.240 e. The lowest BCUT2D eigenvalue weighted by Gasteiger charge is -2.09. The molecule has 0 fully saturated rings. The van der Waals surface area contributed by atoms with Crippen molar-refractivity contribution >= 4 is 23.4 Å². The fourth-order valence-corrected chi connectivity index (χ4v) is 1.69. The third-order valence-corrected chi connectivity index (χ3v) is 2.69. The first-order valence-electron chi connectivity index (χ1n) is 5.39. The summed E-state index contributed by atoms with van der Waals surface area (Å²) in [7, 11) is 0. The Hall–Kier alpha value is -2.67. The van der Waals surface area contributed by atoms with Crippen molar-refractivity contribution in [3.05, 3.63) is 52.8 Å². The van der Waals surface area contributed by atoms with Crippen molar-refractivity contribution < 1.29 is 13.9 Å². The van der Waals surface area contributed by atoms with Crippen LogP contribution in [-0.2, 0) is 4.79 Å². The summed E-state index contributed by atoms with van der Waals surface area (Å²) in [6, 6.07) is 10.6. The third kappa shape index (κ3) is 2.83. The highest BCUT2D eigenvalue weighted by Gasteiger charge is 2.12. The van der Waals surface area contributed by atoms with E-state index in [4.69, 9.17) is 21.6 Å². The van der Waals surface area contributed by atoms with Crippen molar-refractivity contribution in [2.24, 2.45) is 4.99 Å². The monoisotopic (exact) mass is 288 g/mol. The van der Waals surface area contributed by atoms with Gasteiger partial charge in [-0.05, 0) is 18.2 Å². The Morgan fingerprint density at radius 3 is 2.70 bits per heavy atom. The van der Waals surface area contributed by atoms with Crippen LogP contribution in [0, 0.1) is 17.1 Å². The van der Waals surface area contributed by atoms with Crippen LogP contribution < -0.4 is 4.74 Å². The number of hydrogen-bond acceptors (Lipinski definition) is 4. The first-order chi connectivity index (χ1) is 9.65. The first kappa shape index (κ1) is 13.8. The van der Waals surface area contributed by atoms with Gasteiger partial charge in [0.05, 0.1) is 10.6 Å². The minimum atomic E-state index is -0.765. The van der Waals surface area contributed by atoms with E-state index in [0.717, 1.165) is 12.1 Å². The lowest BCUT2D eigenvalue weighted by Crippen LogP contribution is -1.90. The van der Waals surface area contributed by atoms with Crippen molar-refractivity contribution in [3.8, 4) is 17.6 Å². The number of benzene rings is 2. The lowest BCUT2D eigenvalue weighted by molar-refractivity contribution is 0.479. The van der Waals surface area contributed by atoms with Gasteiger partial charge in [0.2, 0.25) is 6.08 Å². The molecule has 4 nitrogen and oxygen atoms in total.